The van der Waals surface area contributed by atoms with Crippen LogP contribution in [0.15, 0.2) is 6.07 Å². The van der Waals surface area contributed by atoms with Crippen molar-refractivity contribution in [2.75, 3.05) is 18.4 Å². The Morgan fingerprint density at radius 3 is 2.64 bits per heavy atom. The topological polar surface area (TPSA) is 45.2 Å². The van der Waals surface area contributed by atoms with Crippen molar-refractivity contribution < 1.29 is 9.18 Å². The molecule has 0 spiro atoms. The molecule has 2 rings (SSSR count). The number of carbonyl (C=O) groups excluding carboxylic acids is 1. The Morgan fingerprint density at radius 2 is 2.14 bits per heavy atom. The van der Waals surface area contributed by atoms with E-state index in [-0.39, 0.29) is 11.3 Å². The monoisotopic (exact) mass is 345 g/mol. The zero-order chi connectivity index (χ0) is 16.5. The molecule has 1 fully saturated rings. The lowest BCUT2D eigenvalue weighted by Crippen LogP contribution is -2.37. The Labute approximate surface area is 140 Å². The summed E-state index contributed by atoms with van der Waals surface area (Å²) >= 11 is 2.72. The average Bonchev–Trinajstić information content (AvgIpc) is 2.97. The number of rotatable bonds is 4. The summed E-state index contributed by atoms with van der Waals surface area (Å²) in [5.41, 5.74) is 0.938. The van der Waals surface area contributed by atoms with Gasteiger partial charge in [0.25, 0.3) is 0 Å². The van der Waals surface area contributed by atoms with E-state index in [0.717, 1.165) is 10.7 Å². The van der Waals surface area contributed by atoms with Crippen molar-refractivity contribution in [1.82, 2.24) is 8.68 Å². The predicted molar refractivity (Wildman–Crippen MR) is 92.2 cm³/mol. The number of nitrogens with one attached hydrogen (secondary N) is 1. The van der Waals surface area contributed by atoms with E-state index in [4.69, 9.17) is 0 Å². The fourth-order valence-corrected chi connectivity index (χ4v) is 4.12. The number of alkyl halides is 1. The molecule has 1 atom stereocenters. The van der Waals surface area contributed by atoms with Crippen molar-refractivity contribution in [2.24, 2.45) is 0 Å². The number of carbonyl (C=O) groups is 1. The molecule has 1 N–H and O–H groups in total. The van der Waals surface area contributed by atoms with E-state index in [1.807, 2.05) is 24.2 Å². The van der Waals surface area contributed by atoms with Gasteiger partial charge in [0.1, 0.15) is 15.9 Å². The van der Waals surface area contributed by atoms with Crippen LogP contribution in [0.2, 0.25) is 0 Å². The Hall–Kier alpha value is -0.660. The molecule has 1 aliphatic rings. The van der Waals surface area contributed by atoms with Gasteiger partial charge in [-0.1, -0.05) is 32.7 Å². The van der Waals surface area contributed by atoms with E-state index in [0.29, 0.717) is 19.5 Å². The zero-order valence-electron chi connectivity index (χ0n) is 13.8. The fraction of sp³-hybridized carbons (Fsp3) is 0.733. The average molecular weight is 346 g/mol. The number of amides is 1. The van der Waals surface area contributed by atoms with Crippen molar-refractivity contribution in [3.8, 4) is 0 Å². The van der Waals surface area contributed by atoms with Crippen LogP contribution >= 0.6 is 23.5 Å². The Morgan fingerprint density at radius 1 is 1.45 bits per heavy atom. The van der Waals surface area contributed by atoms with Crippen molar-refractivity contribution >= 4 is 34.4 Å². The van der Waals surface area contributed by atoms with Gasteiger partial charge in [0.2, 0.25) is 5.91 Å². The third-order valence-electron chi connectivity index (χ3n) is 3.51. The van der Waals surface area contributed by atoms with Gasteiger partial charge in [-0.15, -0.1) is 0 Å². The second-order valence-electron chi connectivity index (χ2n) is 7.16. The molecule has 0 aromatic carbocycles. The van der Waals surface area contributed by atoms with E-state index in [2.05, 4.69) is 30.5 Å². The van der Waals surface area contributed by atoms with Gasteiger partial charge in [-0.3, -0.25) is 4.79 Å². The van der Waals surface area contributed by atoms with Crippen molar-refractivity contribution in [3.63, 3.8) is 0 Å². The molecule has 1 saturated heterocycles. The minimum absolute atomic E-state index is 0.0323. The van der Waals surface area contributed by atoms with E-state index in [9.17, 15) is 9.18 Å². The largest absolute Gasteiger partial charge is 0.315 e. The highest BCUT2D eigenvalue weighted by Crippen LogP contribution is 2.34. The van der Waals surface area contributed by atoms with Gasteiger partial charge in [0.15, 0.2) is 0 Å². The minimum atomic E-state index is -0.776. The van der Waals surface area contributed by atoms with Crippen LogP contribution in [0.25, 0.3) is 0 Å². The molecular formula is C15H24FN3OS2. The summed E-state index contributed by atoms with van der Waals surface area (Å²) in [7, 11) is 0. The summed E-state index contributed by atoms with van der Waals surface area (Å²) < 4.78 is 18.9. The molecule has 0 saturated carbocycles. The molecule has 4 nitrogen and oxygen atoms in total. The molecule has 1 aliphatic heterocycles. The number of halogens is 1. The molecule has 22 heavy (non-hydrogen) atoms. The summed E-state index contributed by atoms with van der Waals surface area (Å²) in [4.78, 5) is 12.5. The van der Waals surface area contributed by atoms with Gasteiger partial charge in [-0.05, 0) is 37.9 Å². The number of aromatic nitrogens is 1. The van der Waals surface area contributed by atoms with Gasteiger partial charge < -0.3 is 5.32 Å². The maximum atomic E-state index is 13.2. The predicted octanol–water partition coefficient (Wildman–Crippen LogP) is 3.85. The number of hydrogen-bond donors (Lipinski definition) is 1. The number of hydrogen-bond acceptors (Lipinski definition) is 5. The zero-order valence-corrected chi connectivity index (χ0v) is 15.4. The Balaban J connectivity index is 1.97. The molecule has 0 radical (unpaired) electrons. The standard InChI is InChI=1S/C15H24FN3OS2/c1-14(2,3)11-8-12(21-18-11)17-13(20)15(4,5)22-19-7-6-10(16)9-19/h8,10H,6-7,9H2,1-5H3,(H,17,20)/t10-/m1/s1. The van der Waals surface area contributed by atoms with Crippen LogP contribution in [0.4, 0.5) is 9.39 Å². The highest BCUT2D eigenvalue weighted by Gasteiger charge is 2.35. The number of anilines is 1. The lowest BCUT2D eigenvalue weighted by atomic mass is 9.92. The minimum Gasteiger partial charge on any atom is -0.315 e. The van der Waals surface area contributed by atoms with Crippen molar-refractivity contribution in [1.29, 1.82) is 0 Å². The van der Waals surface area contributed by atoms with Gasteiger partial charge in [0, 0.05) is 18.5 Å². The highest BCUT2D eigenvalue weighted by atomic mass is 32.2. The second kappa shape index (κ2) is 6.45. The lowest BCUT2D eigenvalue weighted by Gasteiger charge is -2.27. The van der Waals surface area contributed by atoms with Gasteiger partial charge >= 0.3 is 0 Å². The summed E-state index contributed by atoms with van der Waals surface area (Å²) in [5.74, 6) is -0.0797. The Kier molecular flexibility index (Phi) is 5.19. The molecule has 0 aliphatic carbocycles. The molecule has 0 bridgehead atoms. The van der Waals surface area contributed by atoms with Gasteiger partial charge in [-0.2, -0.15) is 4.37 Å². The smallest absolute Gasteiger partial charge is 0.242 e. The third kappa shape index (κ3) is 4.43. The Bertz CT molecular complexity index is 539. The molecule has 7 heteroatoms. The fourth-order valence-electron chi connectivity index (χ4n) is 2.08. The summed E-state index contributed by atoms with van der Waals surface area (Å²) in [6.07, 6.45) is -0.226. The van der Waals surface area contributed by atoms with Crippen LogP contribution in [0.1, 0.15) is 46.7 Å². The van der Waals surface area contributed by atoms with E-state index in [1.165, 1.54) is 23.5 Å². The molecule has 1 amide bonds. The first-order valence-electron chi connectivity index (χ1n) is 7.45. The molecule has 1 aromatic heterocycles. The SMILES string of the molecule is CC(C)(SN1CC[C@@H](F)C1)C(=O)Nc1cc(C(C)(C)C)ns1. The normalized spacial score (nSPS) is 20.4. The van der Waals surface area contributed by atoms with Crippen molar-refractivity contribution in [2.45, 2.75) is 57.4 Å². The van der Waals surface area contributed by atoms with Crippen LogP contribution in [-0.4, -0.2) is 38.6 Å². The molecule has 2 heterocycles. The molecule has 0 unspecified atom stereocenters. The van der Waals surface area contributed by atoms with E-state index in [1.54, 1.807) is 0 Å². The lowest BCUT2D eigenvalue weighted by molar-refractivity contribution is -0.117. The van der Waals surface area contributed by atoms with Crippen LogP contribution in [0, 0.1) is 0 Å². The van der Waals surface area contributed by atoms with Crippen molar-refractivity contribution in [3.05, 3.63) is 11.8 Å². The third-order valence-corrected chi connectivity index (χ3v) is 5.45. The molecule has 124 valence electrons. The van der Waals surface area contributed by atoms with Crippen LogP contribution < -0.4 is 5.32 Å². The maximum Gasteiger partial charge on any atom is 0.242 e. The second-order valence-corrected chi connectivity index (χ2v) is 9.68. The van der Waals surface area contributed by atoms with E-state index >= 15 is 0 Å². The first kappa shape index (κ1) is 17.7. The summed E-state index contributed by atoms with van der Waals surface area (Å²) in [5, 5.41) is 3.69. The first-order chi connectivity index (χ1) is 10.1. The van der Waals surface area contributed by atoms with Gasteiger partial charge in [0.05, 0.1) is 5.69 Å². The van der Waals surface area contributed by atoms with E-state index < -0.39 is 10.9 Å². The quantitative estimate of drug-likeness (QED) is 0.842. The maximum absolute atomic E-state index is 13.2. The number of nitrogens with zero attached hydrogens (tertiary/aromatic N) is 2. The summed E-state index contributed by atoms with van der Waals surface area (Å²) in [6, 6.07) is 1.93. The van der Waals surface area contributed by atoms with Crippen LogP contribution in [0.3, 0.4) is 0 Å². The first-order valence-corrected chi connectivity index (χ1v) is 8.99. The molecule has 1 aromatic rings. The molecular weight excluding hydrogens is 321 g/mol. The highest BCUT2D eigenvalue weighted by molar-refractivity contribution is 7.99. The van der Waals surface area contributed by atoms with Gasteiger partial charge in [-0.25, -0.2) is 8.70 Å². The van der Waals surface area contributed by atoms with Crippen LogP contribution in [0.5, 0.6) is 0 Å². The van der Waals surface area contributed by atoms with Crippen LogP contribution in [-0.2, 0) is 10.2 Å². The summed E-state index contributed by atoms with van der Waals surface area (Å²) in [6.45, 7) is 11.1.